The fraction of sp³-hybridized carbons (Fsp3) is 0.308. The highest BCUT2D eigenvalue weighted by molar-refractivity contribution is 5.99. The second kappa shape index (κ2) is 9.44. The van der Waals surface area contributed by atoms with Crippen molar-refractivity contribution in [1.29, 1.82) is 0 Å². The van der Waals surface area contributed by atoms with Gasteiger partial charge in [-0.3, -0.25) is 4.79 Å². The molecule has 0 aliphatic heterocycles. The number of rotatable bonds is 6. The summed E-state index contributed by atoms with van der Waals surface area (Å²) in [4.78, 5) is 22.9. The molecule has 0 unspecified atom stereocenters. The van der Waals surface area contributed by atoms with Gasteiger partial charge in [0.2, 0.25) is 5.95 Å². The van der Waals surface area contributed by atoms with Gasteiger partial charge in [0.25, 0.3) is 5.91 Å². The van der Waals surface area contributed by atoms with E-state index in [0.717, 1.165) is 25.7 Å². The van der Waals surface area contributed by atoms with Gasteiger partial charge < -0.3 is 21.1 Å². The van der Waals surface area contributed by atoms with Crippen LogP contribution >= 0.6 is 0 Å². The lowest BCUT2D eigenvalue weighted by Gasteiger charge is -2.15. The minimum atomic E-state index is -0.600. The molecule has 0 atom stereocenters. The molecule has 2 aromatic heterocycles. The number of hydrogen-bond acceptors (Lipinski definition) is 7. The normalized spacial score (nSPS) is 13.9. The first-order chi connectivity index (χ1) is 17.4. The second-order valence-electron chi connectivity index (χ2n) is 9.05. The summed E-state index contributed by atoms with van der Waals surface area (Å²) in [7, 11) is 1.66. The number of aromatic nitrogens is 4. The number of phenols is 1. The average Bonchev–Trinajstić information content (AvgIpc) is 3.53. The fourth-order valence-corrected chi connectivity index (χ4v) is 4.61. The van der Waals surface area contributed by atoms with E-state index >= 15 is 0 Å². The summed E-state index contributed by atoms with van der Waals surface area (Å²) in [5, 5.41) is 18.3. The zero-order valence-electron chi connectivity index (χ0n) is 20.2. The Balaban J connectivity index is 1.56. The van der Waals surface area contributed by atoms with Crippen LogP contribution < -0.4 is 11.1 Å². The first kappa shape index (κ1) is 23.5. The molecule has 5 rings (SSSR count). The van der Waals surface area contributed by atoms with E-state index in [1.54, 1.807) is 31.3 Å². The highest BCUT2D eigenvalue weighted by Gasteiger charge is 2.26. The van der Waals surface area contributed by atoms with E-state index in [-0.39, 0.29) is 40.7 Å². The molecule has 2 aromatic carbocycles. The van der Waals surface area contributed by atoms with E-state index < -0.39 is 5.82 Å². The van der Waals surface area contributed by atoms with Crippen LogP contribution in [0.3, 0.4) is 0 Å². The predicted octanol–water partition coefficient (Wildman–Crippen LogP) is 4.87. The number of nitrogens with two attached hydrogens (primary N) is 1. The Kier molecular flexibility index (Phi) is 6.17. The Labute approximate surface area is 207 Å². The van der Waals surface area contributed by atoms with Crippen molar-refractivity contribution in [2.45, 2.75) is 38.6 Å². The Morgan fingerprint density at radius 3 is 2.69 bits per heavy atom. The molecule has 4 aromatic rings. The average molecular weight is 490 g/mol. The van der Waals surface area contributed by atoms with Crippen LogP contribution in [0.15, 0.2) is 42.5 Å². The van der Waals surface area contributed by atoms with Gasteiger partial charge in [-0.15, -0.1) is 0 Å². The maximum Gasteiger partial charge on any atom is 0.253 e. The third kappa shape index (κ3) is 4.30. The minimum absolute atomic E-state index is 0.122. The third-order valence-corrected chi connectivity index (χ3v) is 6.65. The van der Waals surface area contributed by atoms with Crippen molar-refractivity contribution in [2.75, 3.05) is 24.6 Å². The van der Waals surface area contributed by atoms with Crippen molar-refractivity contribution in [3.05, 3.63) is 53.8 Å². The van der Waals surface area contributed by atoms with Gasteiger partial charge in [0.05, 0.1) is 17.1 Å². The first-order valence-electron chi connectivity index (χ1n) is 12.0. The van der Waals surface area contributed by atoms with Gasteiger partial charge in [-0.25, -0.2) is 9.07 Å². The number of aromatic hydroxyl groups is 1. The Morgan fingerprint density at radius 2 is 2.00 bits per heavy atom. The second-order valence-corrected chi connectivity index (χ2v) is 9.05. The number of nitrogens with zero attached hydrogens (tertiary/aromatic N) is 5. The molecule has 1 aliphatic rings. The summed E-state index contributed by atoms with van der Waals surface area (Å²) in [6, 6.07) is 11.2. The highest BCUT2D eigenvalue weighted by atomic mass is 19.1. The summed E-state index contributed by atoms with van der Waals surface area (Å²) < 4.78 is 16.8. The number of nitrogens with one attached hydrogen (secondary N) is 1. The largest absolute Gasteiger partial charge is 0.508 e. The Bertz CT molecular complexity index is 1450. The molecule has 4 N–H and O–H groups in total. The Morgan fingerprint density at radius 1 is 1.22 bits per heavy atom. The fourth-order valence-electron chi connectivity index (χ4n) is 4.61. The number of anilines is 3. The van der Waals surface area contributed by atoms with Crippen LogP contribution in [0.1, 0.15) is 49.0 Å². The molecule has 0 saturated heterocycles. The number of carbonyl (C=O) groups excluding carboxylic acids is 1. The number of benzene rings is 2. The maximum absolute atomic E-state index is 14.9. The lowest BCUT2D eigenvalue weighted by molar-refractivity contribution is 0.0802. The SMILES string of the molecule is CCN(C)C(=O)c1ccc(Nc2nc(N)c3c(-c4cccc(O)c4)nn(C4CCCC4)c3n2)c(F)c1. The minimum Gasteiger partial charge on any atom is -0.508 e. The monoisotopic (exact) mass is 489 g/mol. The van der Waals surface area contributed by atoms with Crippen molar-refractivity contribution >= 4 is 34.4 Å². The van der Waals surface area contributed by atoms with Crippen molar-refractivity contribution in [2.24, 2.45) is 0 Å². The van der Waals surface area contributed by atoms with E-state index in [4.69, 9.17) is 10.8 Å². The smallest absolute Gasteiger partial charge is 0.253 e. The number of hydrogen-bond donors (Lipinski definition) is 3. The molecule has 1 amide bonds. The van der Waals surface area contributed by atoms with Crippen molar-refractivity contribution in [1.82, 2.24) is 24.6 Å². The summed E-state index contributed by atoms with van der Waals surface area (Å²) in [5.74, 6) is -0.411. The van der Waals surface area contributed by atoms with Gasteiger partial charge in [-0.2, -0.15) is 15.1 Å². The van der Waals surface area contributed by atoms with Crippen molar-refractivity contribution < 1.29 is 14.3 Å². The summed E-state index contributed by atoms with van der Waals surface area (Å²) in [5.41, 5.74) is 8.63. The third-order valence-electron chi connectivity index (χ3n) is 6.65. The van der Waals surface area contributed by atoms with Crippen LogP contribution in [0.25, 0.3) is 22.3 Å². The molecule has 1 saturated carbocycles. The number of nitrogen functional groups attached to an aromatic ring is 1. The standard InChI is InChI=1S/C26H28FN7O2/c1-3-33(2)25(36)16-11-12-20(19(27)14-16)29-26-30-23(28)21-22(15-7-6-10-18(35)13-15)32-34(24(21)31-26)17-8-4-5-9-17/h6-7,10-14,17,35H,3-5,8-9H2,1-2H3,(H3,28,29,30,31). The van der Waals surface area contributed by atoms with Crippen LogP contribution in [0.4, 0.5) is 21.8 Å². The molecule has 0 bridgehead atoms. The number of fused-ring (bicyclic) bond motifs is 1. The number of carbonyl (C=O) groups is 1. The molecule has 0 spiro atoms. The van der Waals surface area contributed by atoms with Gasteiger partial charge in [-0.05, 0) is 50.1 Å². The number of amides is 1. The zero-order valence-corrected chi connectivity index (χ0v) is 20.2. The van der Waals surface area contributed by atoms with Crippen LogP contribution in [0.5, 0.6) is 5.75 Å². The van der Waals surface area contributed by atoms with E-state index in [9.17, 15) is 14.3 Å². The maximum atomic E-state index is 14.9. The van der Waals surface area contributed by atoms with E-state index in [2.05, 4.69) is 15.3 Å². The Hall–Kier alpha value is -4.21. The predicted molar refractivity (Wildman–Crippen MR) is 137 cm³/mol. The molecule has 1 fully saturated rings. The number of halogens is 1. The summed E-state index contributed by atoms with van der Waals surface area (Å²) in [6.07, 6.45) is 4.14. The molecule has 9 nitrogen and oxygen atoms in total. The van der Waals surface area contributed by atoms with Crippen molar-refractivity contribution in [3.63, 3.8) is 0 Å². The molecule has 10 heteroatoms. The van der Waals surface area contributed by atoms with Crippen molar-refractivity contribution in [3.8, 4) is 17.0 Å². The molecule has 2 heterocycles. The molecular weight excluding hydrogens is 461 g/mol. The van der Waals surface area contributed by atoms with Gasteiger partial charge in [0.1, 0.15) is 23.1 Å². The zero-order chi connectivity index (χ0) is 25.4. The van der Waals surface area contributed by atoms with E-state index in [1.165, 1.54) is 17.0 Å². The highest BCUT2D eigenvalue weighted by Crippen LogP contribution is 2.38. The van der Waals surface area contributed by atoms with Gasteiger partial charge in [0, 0.05) is 24.7 Å². The molecule has 36 heavy (non-hydrogen) atoms. The van der Waals surface area contributed by atoms with Gasteiger partial charge >= 0.3 is 0 Å². The summed E-state index contributed by atoms with van der Waals surface area (Å²) >= 11 is 0. The van der Waals surface area contributed by atoms with Crippen LogP contribution in [-0.2, 0) is 0 Å². The lowest BCUT2D eigenvalue weighted by atomic mass is 10.1. The van der Waals surface area contributed by atoms with E-state index in [1.807, 2.05) is 17.7 Å². The summed E-state index contributed by atoms with van der Waals surface area (Å²) in [6.45, 7) is 2.37. The molecular formula is C26H28FN7O2. The van der Waals surface area contributed by atoms with Gasteiger partial charge in [-0.1, -0.05) is 25.0 Å². The van der Waals surface area contributed by atoms with Gasteiger partial charge in [0.15, 0.2) is 5.65 Å². The first-order valence-corrected chi connectivity index (χ1v) is 12.0. The van der Waals surface area contributed by atoms with Crippen LogP contribution in [0.2, 0.25) is 0 Å². The van der Waals surface area contributed by atoms with Crippen LogP contribution in [-0.4, -0.2) is 49.3 Å². The topological polar surface area (TPSA) is 122 Å². The molecule has 0 radical (unpaired) electrons. The quantitative estimate of drug-likeness (QED) is 0.353. The molecule has 1 aliphatic carbocycles. The number of phenolic OH excluding ortho intramolecular Hbond substituents is 1. The van der Waals surface area contributed by atoms with E-state index in [0.29, 0.717) is 28.8 Å². The lowest BCUT2D eigenvalue weighted by Crippen LogP contribution is -2.26. The van der Waals surface area contributed by atoms with Crippen LogP contribution in [0, 0.1) is 5.82 Å². The molecule has 186 valence electrons.